The van der Waals surface area contributed by atoms with Crippen molar-refractivity contribution in [3.05, 3.63) is 0 Å². The molecule has 2 nitrogen and oxygen atoms in total. The Morgan fingerprint density at radius 1 is 1.19 bits per heavy atom. The van der Waals surface area contributed by atoms with Crippen LogP contribution in [-0.2, 0) is 4.74 Å². The summed E-state index contributed by atoms with van der Waals surface area (Å²) in [5.74, 6) is 0.640. The largest absolute Gasteiger partial charge is 0.380 e. The maximum absolute atomic E-state index is 5.77. The molecule has 1 atom stereocenters. The van der Waals surface area contributed by atoms with Crippen LogP contribution in [0.1, 0.15) is 54.4 Å². The third kappa shape index (κ3) is 9.17. The lowest BCUT2D eigenvalue weighted by Gasteiger charge is -2.23. The zero-order valence-electron chi connectivity index (χ0n) is 12.1. The van der Waals surface area contributed by atoms with Crippen LogP contribution in [0.25, 0.3) is 0 Å². The van der Waals surface area contributed by atoms with Gasteiger partial charge in [0.05, 0.1) is 6.61 Å². The molecule has 98 valence electrons. The summed E-state index contributed by atoms with van der Waals surface area (Å²) in [4.78, 5) is 0. The summed E-state index contributed by atoms with van der Waals surface area (Å²) in [6.07, 6.45) is 2.32. The van der Waals surface area contributed by atoms with Crippen molar-refractivity contribution >= 4 is 0 Å². The van der Waals surface area contributed by atoms with E-state index in [9.17, 15) is 0 Å². The summed E-state index contributed by atoms with van der Waals surface area (Å²) >= 11 is 0. The smallest absolute Gasteiger partial charge is 0.0622 e. The molecule has 0 spiro atoms. The van der Waals surface area contributed by atoms with Crippen LogP contribution < -0.4 is 5.32 Å². The molecule has 0 radical (unpaired) electrons. The number of hydrogen-bond acceptors (Lipinski definition) is 2. The quantitative estimate of drug-likeness (QED) is 0.644. The molecular weight excluding hydrogens is 198 g/mol. The summed E-state index contributed by atoms with van der Waals surface area (Å²) in [5, 5.41) is 3.54. The van der Waals surface area contributed by atoms with Crippen molar-refractivity contribution in [2.75, 3.05) is 19.8 Å². The first kappa shape index (κ1) is 15.9. The average Bonchev–Trinajstić information content (AvgIpc) is 2.14. The van der Waals surface area contributed by atoms with Crippen molar-refractivity contribution < 1.29 is 4.74 Å². The van der Waals surface area contributed by atoms with E-state index >= 15 is 0 Å². The maximum atomic E-state index is 5.77. The highest BCUT2D eigenvalue weighted by Crippen LogP contribution is 2.18. The van der Waals surface area contributed by atoms with Crippen molar-refractivity contribution in [2.45, 2.75) is 60.4 Å². The standard InChI is InChI=1S/C14H31NO/c1-7-9-15-13(12(2)3)11-16-10-8-14(4,5)6/h12-13,15H,7-11H2,1-6H3. The highest BCUT2D eigenvalue weighted by Gasteiger charge is 2.14. The first-order valence-corrected chi connectivity index (χ1v) is 6.68. The van der Waals surface area contributed by atoms with Crippen LogP contribution >= 0.6 is 0 Å². The highest BCUT2D eigenvalue weighted by molar-refractivity contribution is 4.70. The van der Waals surface area contributed by atoms with E-state index in [0.717, 1.165) is 26.2 Å². The molecule has 0 aromatic rings. The van der Waals surface area contributed by atoms with Gasteiger partial charge in [0.25, 0.3) is 0 Å². The summed E-state index contributed by atoms with van der Waals surface area (Å²) in [5.41, 5.74) is 0.379. The Labute approximate surface area is 102 Å². The van der Waals surface area contributed by atoms with Crippen LogP contribution in [0.5, 0.6) is 0 Å². The Morgan fingerprint density at radius 3 is 2.25 bits per heavy atom. The zero-order valence-corrected chi connectivity index (χ0v) is 12.1. The van der Waals surface area contributed by atoms with E-state index < -0.39 is 0 Å². The molecule has 0 bridgehead atoms. The zero-order chi connectivity index (χ0) is 12.6. The van der Waals surface area contributed by atoms with Gasteiger partial charge in [0, 0.05) is 12.6 Å². The normalized spacial score (nSPS) is 14.4. The molecule has 0 fully saturated rings. The lowest BCUT2D eigenvalue weighted by atomic mass is 9.93. The molecule has 0 saturated carbocycles. The van der Waals surface area contributed by atoms with E-state index in [2.05, 4.69) is 46.9 Å². The second-order valence-corrected chi connectivity index (χ2v) is 6.19. The molecule has 0 heterocycles. The molecule has 0 amide bonds. The highest BCUT2D eigenvalue weighted by atomic mass is 16.5. The first-order chi connectivity index (χ1) is 7.37. The number of rotatable bonds is 8. The van der Waals surface area contributed by atoms with Gasteiger partial charge < -0.3 is 10.1 Å². The van der Waals surface area contributed by atoms with Crippen LogP contribution in [0.15, 0.2) is 0 Å². The lowest BCUT2D eigenvalue weighted by Crippen LogP contribution is -2.38. The van der Waals surface area contributed by atoms with Gasteiger partial charge in [-0.1, -0.05) is 41.5 Å². The van der Waals surface area contributed by atoms with E-state index in [4.69, 9.17) is 4.74 Å². The molecule has 0 aromatic heterocycles. The predicted molar refractivity (Wildman–Crippen MR) is 71.8 cm³/mol. The van der Waals surface area contributed by atoms with Gasteiger partial charge in [-0.25, -0.2) is 0 Å². The summed E-state index contributed by atoms with van der Waals surface area (Å²) in [6, 6.07) is 0.500. The molecule has 0 saturated heterocycles. The van der Waals surface area contributed by atoms with Crippen LogP contribution in [-0.4, -0.2) is 25.8 Å². The van der Waals surface area contributed by atoms with Gasteiger partial charge in [-0.15, -0.1) is 0 Å². The van der Waals surface area contributed by atoms with Gasteiger partial charge >= 0.3 is 0 Å². The van der Waals surface area contributed by atoms with Gasteiger partial charge in [0.15, 0.2) is 0 Å². The maximum Gasteiger partial charge on any atom is 0.0622 e. The first-order valence-electron chi connectivity index (χ1n) is 6.68. The van der Waals surface area contributed by atoms with E-state index in [0.29, 0.717) is 17.4 Å². The molecule has 1 N–H and O–H groups in total. The monoisotopic (exact) mass is 229 g/mol. The fraction of sp³-hybridized carbons (Fsp3) is 1.00. The van der Waals surface area contributed by atoms with Crippen LogP contribution in [0.4, 0.5) is 0 Å². The number of ether oxygens (including phenoxy) is 1. The van der Waals surface area contributed by atoms with Crippen LogP contribution in [0.3, 0.4) is 0 Å². The lowest BCUT2D eigenvalue weighted by molar-refractivity contribution is 0.0793. The molecule has 0 aliphatic heterocycles. The predicted octanol–water partition coefficient (Wildman–Crippen LogP) is 3.46. The number of nitrogens with one attached hydrogen (secondary N) is 1. The second-order valence-electron chi connectivity index (χ2n) is 6.19. The van der Waals surface area contributed by atoms with Crippen molar-refractivity contribution in [3.8, 4) is 0 Å². The summed E-state index contributed by atoms with van der Waals surface area (Å²) in [7, 11) is 0. The van der Waals surface area contributed by atoms with Crippen molar-refractivity contribution in [2.24, 2.45) is 11.3 Å². The molecule has 0 aliphatic carbocycles. The number of hydrogen-bond donors (Lipinski definition) is 1. The SMILES string of the molecule is CCCNC(COCCC(C)(C)C)C(C)C. The fourth-order valence-corrected chi connectivity index (χ4v) is 1.41. The third-order valence-corrected chi connectivity index (χ3v) is 2.76. The summed E-state index contributed by atoms with van der Waals surface area (Å²) < 4.78 is 5.77. The Balaban J connectivity index is 3.68. The minimum atomic E-state index is 0.379. The Morgan fingerprint density at radius 2 is 1.81 bits per heavy atom. The molecule has 2 heteroatoms. The molecular formula is C14H31NO. The Kier molecular flexibility index (Phi) is 8.04. The summed E-state index contributed by atoms with van der Waals surface area (Å²) in [6.45, 7) is 16.3. The van der Waals surface area contributed by atoms with E-state index in [1.807, 2.05) is 0 Å². The minimum absolute atomic E-state index is 0.379. The van der Waals surface area contributed by atoms with Crippen LogP contribution in [0, 0.1) is 11.3 Å². The average molecular weight is 229 g/mol. The van der Waals surface area contributed by atoms with E-state index in [-0.39, 0.29) is 0 Å². The minimum Gasteiger partial charge on any atom is -0.380 e. The molecule has 0 aromatic carbocycles. The van der Waals surface area contributed by atoms with Gasteiger partial charge in [0.2, 0.25) is 0 Å². The van der Waals surface area contributed by atoms with Gasteiger partial charge in [-0.2, -0.15) is 0 Å². The van der Waals surface area contributed by atoms with Gasteiger partial charge in [-0.3, -0.25) is 0 Å². The van der Waals surface area contributed by atoms with Crippen molar-refractivity contribution in [1.29, 1.82) is 0 Å². The third-order valence-electron chi connectivity index (χ3n) is 2.76. The molecule has 1 unspecified atom stereocenters. The van der Waals surface area contributed by atoms with Gasteiger partial charge in [0.1, 0.15) is 0 Å². The Hall–Kier alpha value is -0.0800. The topological polar surface area (TPSA) is 21.3 Å². The van der Waals surface area contributed by atoms with E-state index in [1.54, 1.807) is 0 Å². The van der Waals surface area contributed by atoms with Crippen LogP contribution in [0.2, 0.25) is 0 Å². The second kappa shape index (κ2) is 8.08. The van der Waals surface area contributed by atoms with E-state index in [1.165, 1.54) is 6.42 Å². The fourth-order valence-electron chi connectivity index (χ4n) is 1.41. The van der Waals surface area contributed by atoms with Crippen molar-refractivity contribution in [1.82, 2.24) is 5.32 Å². The molecule has 0 aliphatic rings. The molecule has 16 heavy (non-hydrogen) atoms. The van der Waals surface area contributed by atoms with Crippen molar-refractivity contribution in [3.63, 3.8) is 0 Å². The van der Waals surface area contributed by atoms with Gasteiger partial charge in [-0.05, 0) is 30.7 Å². The Bertz CT molecular complexity index is 161. The molecule has 0 rings (SSSR count).